The van der Waals surface area contributed by atoms with Crippen LogP contribution in [0.3, 0.4) is 0 Å². The van der Waals surface area contributed by atoms with Crippen molar-refractivity contribution in [3.63, 3.8) is 0 Å². The number of nitrogens with zero attached hydrogens (tertiary/aromatic N) is 3. The van der Waals surface area contributed by atoms with E-state index in [1.165, 1.54) is 41.5 Å². The van der Waals surface area contributed by atoms with Crippen molar-refractivity contribution in [1.82, 2.24) is 24.6 Å². The molecule has 2 heterocycles. The summed E-state index contributed by atoms with van der Waals surface area (Å²) in [6.07, 6.45) is 3.02. The standard InChI is InChI=1S/C18H20FN5O3/c1-20-6-7-21-17(25)14-9-24-10-15(23(2)18(26)16(24)22-14)12-5-4-11(27-3)8-13(12)19/h4-5,8-10,20H,6-7H2,1-3H3,(H,21,25). The van der Waals surface area contributed by atoms with Crippen LogP contribution < -0.4 is 20.9 Å². The van der Waals surface area contributed by atoms with Gasteiger partial charge in [0.25, 0.3) is 11.5 Å². The Morgan fingerprint density at radius 1 is 1.30 bits per heavy atom. The van der Waals surface area contributed by atoms with E-state index in [0.717, 1.165) is 0 Å². The topological polar surface area (TPSA) is 89.7 Å². The number of hydrogen-bond acceptors (Lipinski definition) is 5. The van der Waals surface area contributed by atoms with E-state index in [-0.39, 0.29) is 22.8 Å². The van der Waals surface area contributed by atoms with Gasteiger partial charge in [0.2, 0.25) is 5.65 Å². The van der Waals surface area contributed by atoms with Gasteiger partial charge in [0.15, 0.2) is 0 Å². The monoisotopic (exact) mass is 373 g/mol. The molecule has 0 atom stereocenters. The lowest BCUT2D eigenvalue weighted by molar-refractivity contribution is 0.0950. The van der Waals surface area contributed by atoms with Crippen molar-refractivity contribution in [3.05, 3.63) is 52.5 Å². The third-order valence-electron chi connectivity index (χ3n) is 4.20. The van der Waals surface area contributed by atoms with E-state index in [2.05, 4.69) is 15.6 Å². The minimum absolute atomic E-state index is 0.0916. The molecule has 142 valence electrons. The predicted molar refractivity (Wildman–Crippen MR) is 98.6 cm³/mol. The maximum absolute atomic E-state index is 14.5. The number of ether oxygens (including phenoxy) is 1. The van der Waals surface area contributed by atoms with Gasteiger partial charge in [-0.05, 0) is 19.2 Å². The highest BCUT2D eigenvalue weighted by Gasteiger charge is 2.17. The van der Waals surface area contributed by atoms with E-state index in [1.807, 2.05) is 0 Å². The van der Waals surface area contributed by atoms with E-state index >= 15 is 0 Å². The van der Waals surface area contributed by atoms with Gasteiger partial charge in [-0.25, -0.2) is 9.37 Å². The third-order valence-corrected chi connectivity index (χ3v) is 4.20. The Bertz CT molecular complexity index is 1060. The summed E-state index contributed by atoms with van der Waals surface area (Å²) in [5.41, 5.74) is 0.375. The molecule has 0 aliphatic rings. The van der Waals surface area contributed by atoms with Crippen LogP contribution in [-0.2, 0) is 7.05 Å². The number of aromatic nitrogens is 3. The lowest BCUT2D eigenvalue weighted by Crippen LogP contribution is -2.30. The average molecular weight is 373 g/mol. The van der Waals surface area contributed by atoms with Crippen LogP contribution in [-0.4, -0.2) is 47.1 Å². The fourth-order valence-electron chi connectivity index (χ4n) is 2.71. The van der Waals surface area contributed by atoms with Gasteiger partial charge in [0.05, 0.1) is 12.8 Å². The average Bonchev–Trinajstić information content (AvgIpc) is 3.09. The van der Waals surface area contributed by atoms with Crippen molar-refractivity contribution >= 4 is 11.6 Å². The molecular weight excluding hydrogens is 353 g/mol. The fraction of sp³-hybridized carbons (Fsp3) is 0.278. The summed E-state index contributed by atoms with van der Waals surface area (Å²) in [7, 11) is 4.76. The molecule has 0 radical (unpaired) electrons. The van der Waals surface area contributed by atoms with Crippen LogP contribution >= 0.6 is 0 Å². The number of imidazole rings is 1. The highest BCUT2D eigenvalue weighted by atomic mass is 19.1. The van der Waals surface area contributed by atoms with Crippen LogP contribution in [0.5, 0.6) is 5.75 Å². The lowest BCUT2D eigenvalue weighted by Gasteiger charge is -2.11. The molecule has 0 saturated carbocycles. The zero-order chi connectivity index (χ0) is 19.6. The van der Waals surface area contributed by atoms with E-state index in [4.69, 9.17) is 4.74 Å². The van der Waals surface area contributed by atoms with Crippen LogP contribution in [0, 0.1) is 5.82 Å². The first-order valence-electron chi connectivity index (χ1n) is 8.31. The Balaban J connectivity index is 2.05. The van der Waals surface area contributed by atoms with Crippen molar-refractivity contribution in [1.29, 1.82) is 0 Å². The number of carbonyl (C=O) groups is 1. The van der Waals surface area contributed by atoms with E-state index in [9.17, 15) is 14.0 Å². The molecule has 0 aliphatic heterocycles. The molecule has 8 nitrogen and oxygen atoms in total. The zero-order valence-corrected chi connectivity index (χ0v) is 15.2. The Hall–Kier alpha value is -3.20. The third kappa shape index (κ3) is 3.54. The normalized spacial score (nSPS) is 11.0. The molecule has 3 rings (SSSR count). The summed E-state index contributed by atoms with van der Waals surface area (Å²) in [6.45, 7) is 1.05. The summed E-state index contributed by atoms with van der Waals surface area (Å²) in [5, 5.41) is 5.62. The number of methoxy groups -OCH3 is 1. The van der Waals surface area contributed by atoms with Crippen LogP contribution in [0.15, 0.2) is 35.4 Å². The summed E-state index contributed by atoms with van der Waals surface area (Å²) >= 11 is 0. The van der Waals surface area contributed by atoms with Gasteiger partial charge in [-0.15, -0.1) is 0 Å². The first kappa shape index (κ1) is 18.6. The Kier molecular flexibility index (Phi) is 5.22. The molecular formula is C18H20FN5O3. The number of halogens is 1. The molecule has 2 N–H and O–H groups in total. The van der Waals surface area contributed by atoms with Gasteiger partial charge >= 0.3 is 0 Å². The molecule has 0 saturated heterocycles. The molecule has 0 fully saturated rings. The minimum Gasteiger partial charge on any atom is -0.497 e. The van der Waals surface area contributed by atoms with Gasteiger partial charge in [0, 0.05) is 44.2 Å². The summed E-state index contributed by atoms with van der Waals surface area (Å²) in [6, 6.07) is 4.40. The highest BCUT2D eigenvalue weighted by molar-refractivity contribution is 5.92. The largest absolute Gasteiger partial charge is 0.497 e. The highest BCUT2D eigenvalue weighted by Crippen LogP contribution is 2.25. The second-order valence-corrected chi connectivity index (χ2v) is 5.94. The summed E-state index contributed by atoms with van der Waals surface area (Å²) in [4.78, 5) is 28.9. The minimum atomic E-state index is -0.520. The molecule has 9 heteroatoms. The Morgan fingerprint density at radius 3 is 2.74 bits per heavy atom. The van der Waals surface area contributed by atoms with E-state index in [1.54, 1.807) is 19.3 Å². The molecule has 1 aromatic carbocycles. The van der Waals surface area contributed by atoms with Gasteiger partial charge in [-0.1, -0.05) is 0 Å². The first-order valence-corrected chi connectivity index (χ1v) is 8.31. The number of carbonyl (C=O) groups excluding carboxylic acids is 1. The zero-order valence-electron chi connectivity index (χ0n) is 15.2. The smallest absolute Gasteiger partial charge is 0.294 e. The molecule has 3 aromatic rings. The second-order valence-electron chi connectivity index (χ2n) is 5.94. The van der Waals surface area contributed by atoms with E-state index < -0.39 is 11.4 Å². The van der Waals surface area contributed by atoms with Crippen LogP contribution in [0.25, 0.3) is 16.9 Å². The number of rotatable bonds is 6. The molecule has 0 spiro atoms. The van der Waals surface area contributed by atoms with Crippen molar-refractivity contribution in [2.45, 2.75) is 0 Å². The quantitative estimate of drug-likeness (QED) is 0.624. The SMILES string of the molecule is CNCCNC(=O)c1cn2cc(-c3ccc(OC)cc3F)n(C)c(=O)c2n1. The summed E-state index contributed by atoms with van der Waals surface area (Å²) < 4.78 is 22.2. The van der Waals surface area contributed by atoms with Gasteiger partial charge in [-0.2, -0.15) is 0 Å². The lowest BCUT2D eigenvalue weighted by atomic mass is 10.1. The first-order chi connectivity index (χ1) is 13.0. The number of likely N-dealkylation sites (N-methyl/N-ethyl adjacent to an activating group) is 1. The maximum atomic E-state index is 14.5. The second kappa shape index (κ2) is 7.58. The molecule has 1 amide bonds. The van der Waals surface area contributed by atoms with E-state index in [0.29, 0.717) is 24.5 Å². The number of benzene rings is 1. The fourth-order valence-corrected chi connectivity index (χ4v) is 2.71. The summed E-state index contributed by atoms with van der Waals surface area (Å²) in [5.74, 6) is -0.521. The van der Waals surface area contributed by atoms with Crippen LogP contribution in [0.2, 0.25) is 0 Å². The number of amides is 1. The molecule has 2 aromatic heterocycles. The van der Waals surface area contributed by atoms with Crippen molar-refractivity contribution in [2.24, 2.45) is 7.05 Å². The van der Waals surface area contributed by atoms with Crippen molar-refractivity contribution in [3.8, 4) is 17.0 Å². The van der Waals surface area contributed by atoms with Gasteiger partial charge in [0.1, 0.15) is 17.3 Å². The maximum Gasteiger partial charge on any atom is 0.294 e. The number of hydrogen-bond donors (Lipinski definition) is 2. The Morgan fingerprint density at radius 2 is 2.07 bits per heavy atom. The van der Waals surface area contributed by atoms with Gasteiger partial charge in [-0.3, -0.25) is 14.0 Å². The molecule has 0 unspecified atom stereocenters. The Labute approximate surface area is 154 Å². The van der Waals surface area contributed by atoms with Crippen LogP contribution in [0.4, 0.5) is 4.39 Å². The van der Waals surface area contributed by atoms with Crippen LogP contribution in [0.1, 0.15) is 10.5 Å². The number of nitrogens with one attached hydrogen (secondary N) is 2. The molecule has 27 heavy (non-hydrogen) atoms. The number of fused-ring (bicyclic) bond motifs is 1. The van der Waals surface area contributed by atoms with Crippen molar-refractivity contribution in [2.75, 3.05) is 27.2 Å². The predicted octanol–water partition coefficient (Wildman–Crippen LogP) is 0.797. The van der Waals surface area contributed by atoms with Gasteiger partial charge < -0.3 is 19.9 Å². The molecule has 0 aliphatic carbocycles. The van der Waals surface area contributed by atoms with Crippen molar-refractivity contribution < 1.29 is 13.9 Å². The molecule has 0 bridgehead atoms.